The Hall–Kier alpha value is -3.70. The quantitative estimate of drug-likeness (QED) is 0.369. The van der Waals surface area contributed by atoms with Crippen LogP contribution in [0, 0.1) is 0 Å². The number of hydrazine groups is 2. The highest BCUT2D eigenvalue weighted by Gasteiger charge is 2.23. The van der Waals surface area contributed by atoms with E-state index < -0.39 is 11.7 Å². The van der Waals surface area contributed by atoms with E-state index >= 15 is 0 Å². The average molecular weight is 456 g/mol. The lowest BCUT2D eigenvalue weighted by molar-refractivity contribution is 0.0225. The van der Waals surface area contributed by atoms with E-state index in [1.807, 2.05) is 51.2 Å². The predicted octanol–water partition coefficient (Wildman–Crippen LogP) is 2.63. The van der Waals surface area contributed by atoms with E-state index in [1.54, 1.807) is 30.3 Å². The van der Waals surface area contributed by atoms with Gasteiger partial charge in [0.15, 0.2) is 18.2 Å². The number of aromatic nitrogens is 1. The van der Waals surface area contributed by atoms with Crippen molar-refractivity contribution in [2.24, 2.45) is 10.3 Å². The zero-order valence-electron chi connectivity index (χ0n) is 19.2. The third-order valence-corrected chi connectivity index (χ3v) is 4.64. The first kappa shape index (κ1) is 24.0. The maximum absolute atomic E-state index is 12.2. The largest absolute Gasteiger partial charge is 0.443 e. The van der Waals surface area contributed by atoms with Crippen molar-refractivity contribution in [3.05, 3.63) is 59.8 Å². The van der Waals surface area contributed by atoms with Crippen LogP contribution in [0.25, 0.3) is 0 Å². The number of methoxy groups -OCH3 is 1. The number of oxime groups is 1. The molecule has 0 unspecified atom stereocenters. The maximum Gasteiger partial charge on any atom is 0.413 e. The van der Waals surface area contributed by atoms with Crippen molar-refractivity contribution < 1.29 is 19.1 Å². The minimum Gasteiger partial charge on any atom is -0.443 e. The number of amides is 1. The second kappa shape index (κ2) is 11.2. The molecule has 0 aliphatic carbocycles. The fraction of sp³-hybridized carbons (Fsp3) is 0.364. The molecule has 11 heteroatoms. The number of amidine groups is 1. The van der Waals surface area contributed by atoms with E-state index in [0.29, 0.717) is 36.1 Å². The summed E-state index contributed by atoms with van der Waals surface area (Å²) in [6.45, 7) is 4.23. The second-order valence-corrected chi connectivity index (χ2v) is 7.83. The molecule has 1 aromatic carbocycles. The SMILES string of the molecule is COCCC(C)(C)OC(=O)Nc1cccc(CO/N=C(\C2=NNNN2C)c2ccccc2)n1. The molecule has 0 spiro atoms. The number of anilines is 1. The summed E-state index contributed by atoms with van der Waals surface area (Å²) in [4.78, 5) is 22.2. The number of benzene rings is 1. The number of ether oxygens (including phenoxy) is 2. The Balaban J connectivity index is 1.63. The van der Waals surface area contributed by atoms with Crippen molar-refractivity contribution in [1.82, 2.24) is 21.1 Å². The summed E-state index contributed by atoms with van der Waals surface area (Å²) >= 11 is 0. The first-order valence-electron chi connectivity index (χ1n) is 10.4. The Morgan fingerprint density at radius 1 is 1.18 bits per heavy atom. The second-order valence-electron chi connectivity index (χ2n) is 7.83. The Morgan fingerprint density at radius 3 is 2.67 bits per heavy atom. The Morgan fingerprint density at radius 2 is 1.97 bits per heavy atom. The number of likely N-dealkylation sites (N-methyl/N-ethyl adjacent to an activating group) is 1. The standard InChI is InChI=1S/C22H29N7O4/c1-22(2,13-14-31-4)33-21(30)24-18-12-8-11-17(23-18)15-32-26-19(16-9-6-5-7-10-16)20-25-27-28-29(20)3/h5-12,27-28H,13-15H2,1-4H3,(H,23,24,30)/b26-19-. The van der Waals surface area contributed by atoms with E-state index in [4.69, 9.17) is 14.3 Å². The van der Waals surface area contributed by atoms with Crippen LogP contribution in [0.3, 0.4) is 0 Å². The van der Waals surface area contributed by atoms with Crippen LogP contribution in [-0.2, 0) is 20.9 Å². The van der Waals surface area contributed by atoms with Gasteiger partial charge >= 0.3 is 6.09 Å². The van der Waals surface area contributed by atoms with Crippen LogP contribution in [0.1, 0.15) is 31.5 Å². The Labute approximate surface area is 192 Å². The summed E-state index contributed by atoms with van der Waals surface area (Å²) in [6, 6.07) is 14.8. The highest BCUT2D eigenvalue weighted by Crippen LogP contribution is 2.16. The average Bonchev–Trinajstić information content (AvgIpc) is 3.21. The van der Waals surface area contributed by atoms with Gasteiger partial charge in [-0.3, -0.25) is 10.3 Å². The number of carbonyl (C=O) groups excluding carboxylic acids is 1. The molecule has 2 heterocycles. The number of hydrogen-bond acceptors (Lipinski definition) is 10. The maximum atomic E-state index is 12.2. The number of carbonyl (C=O) groups is 1. The van der Waals surface area contributed by atoms with Gasteiger partial charge in [0.05, 0.1) is 5.69 Å². The van der Waals surface area contributed by atoms with Gasteiger partial charge in [-0.15, -0.1) is 10.6 Å². The van der Waals surface area contributed by atoms with E-state index in [9.17, 15) is 4.79 Å². The summed E-state index contributed by atoms with van der Waals surface area (Å²) in [5.41, 5.74) is 6.85. The van der Waals surface area contributed by atoms with Crippen LogP contribution in [0.2, 0.25) is 0 Å². The van der Waals surface area contributed by atoms with E-state index in [2.05, 4.69) is 31.6 Å². The zero-order valence-corrected chi connectivity index (χ0v) is 19.2. The highest BCUT2D eigenvalue weighted by molar-refractivity contribution is 6.47. The van der Waals surface area contributed by atoms with Crippen molar-refractivity contribution in [3.63, 3.8) is 0 Å². The minimum atomic E-state index is -0.663. The van der Waals surface area contributed by atoms with Gasteiger partial charge in [0.2, 0.25) is 0 Å². The molecule has 0 radical (unpaired) electrons. The van der Waals surface area contributed by atoms with Gasteiger partial charge in [-0.2, -0.15) is 0 Å². The molecular weight excluding hydrogens is 426 g/mol. The monoisotopic (exact) mass is 455 g/mol. The minimum absolute atomic E-state index is 0.0953. The number of hydrazone groups is 1. The molecule has 1 aliphatic rings. The zero-order chi connectivity index (χ0) is 23.7. The molecule has 0 fully saturated rings. The molecule has 11 nitrogen and oxygen atoms in total. The topological polar surface area (TPSA) is 122 Å². The summed E-state index contributed by atoms with van der Waals surface area (Å²) in [5.74, 6) is 0.924. The van der Waals surface area contributed by atoms with Crippen LogP contribution < -0.4 is 16.4 Å². The summed E-state index contributed by atoms with van der Waals surface area (Å²) < 4.78 is 10.5. The molecule has 3 rings (SSSR count). The summed E-state index contributed by atoms with van der Waals surface area (Å²) in [6.07, 6.45) is -0.0146. The highest BCUT2D eigenvalue weighted by atomic mass is 16.6. The van der Waals surface area contributed by atoms with Gasteiger partial charge in [0, 0.05) is 32.7 Å². The van der Waals surface area contributed by atoms with Crippen LogP contribution in [0.15, 0.2) is 58.8 Å². The van der Waals surface area contributed by atoms with Crippen molar-refractivity contribution >= 4 is 23.5 Å². The molecule has 0 saturated heterocycles. The molecular formula is C22H29N7O4. The van der Waals surface area contributed by atoms with Crippen molar-refractivity contribution in [1.29, 1.82) is 0 Å². The van der Waals surface area contributed by atoms with Gasteiger partial charge in [-0.1, -0.05) is 41.6 Å². The van der Waals surface area contributed by atoms with Gasteiger partial charge in [0.25, 0.3) is 0 Å². The van der Waals surface area contributed by atoms with Crippen LogP contribution in [-0.4, -0.2) is 54.0 Å². The Kier molecular flexibility index (Phi) is 8.17. The van der Waals surface area contributed by atoms with E-state index in [0.717, 1.165) is 5.56 Å². The lowest BCUT2D eigenvalue weighted by Crippen LogP contribution is -2.40. The molecule has 0 bridgehead atoms. The number of nitrogens with one attached hydrogen (secondary N) is 3. The molecule has 2 aromatic rings. The lowest BCUT2D eigenvalue weighted by Gasteiger charge is -2.24. The molecule has 176 valence electrons. The van der Waals surface area contributed by atoms with Gasteiger partial charge < -0.3 is 14.3 Å². The lowest BCUT2D eigenvalue weighted by atomic mass is 10.1. The summed E-state index contributed by atoms with van der Waals surface area (Å²) in [5, 5.41) is 12.8. The number of rotatable bonds is 10. The molecule has 1 aromatic heterocycles. The normalized spacial score (nSPS) is 13.9. The van der Waals surface area contributed by atoms with Crippen LogP contribution in [0.4, 0.5) is 10.6 Å². The van der Waals surface area contributed by atoms with Crippen molar-refractivity contribution in [2.45, 2.75) is 32.5 Å². The molecule has 1 aliphatic heterocycles. The third-order valence-electron chi connectivity index (χ3n) is 4.64. The smallest absolute Gasteiger partial charge is 0.413 e. The van der Waals surface area contributed by atoms with Gasteiger partial charge in [-0.25, -0.2) is 15.3 Å². The van der Waals surface area contributed by atoms with Crippen molar-refractivity contribution in [3.8, 4) is 0 Å². The van der Waals surface area contributed by atoms with Crippen LogP contribution in [0.5, 0.6) is 0 Å². The number of hydrogen-bond donors (Lipinski definition) is 3. The first-order chi connectivity index (χ1) is 15.9. The van der Waals surface area contributed by atoms with Crippen LogP contribution >= 0.6 is 0 Å². The first-order valence-corrected chi connectivity index (χ1v) is 10.4. The van der Waals surface area contributed by atoms with Crippen molar-refractivity contribution in [2.75, 3.05) is 26.1 Å². The number of pyridine rings is 1. The predicted molar refractivity (Wildman–Crippen MR) is 124 cm³/mol. The fourth-order valence-corrected chi connectivity index (χ4v) is 2.88. The molecule has 1 amide bonds. The van der Waals surface area contributed by atoms with E-state index in [-0.39, 0.29) is 6.61 Å². The molecule has 0 atom stereocenters. The number of nitrogens with zero attached hydrogens (tertiary/aromatic N) is 4. The third kappa shape index (κ3) is 7.16. The molecule has 3 N–H and O–H groups in total. The van der Waals surface area contributed by atoms with Gasteiger partial charge in [0.1, 0.15) is 11.4 Å². The fourth-order valence-electron chi connectivity index (χ4n) is 2.88. The molecule has 33 heavy (non-hydrogen) atoms. The summed E-state index contributed by atoms with van der Waals surface area (Å²) in [7, 11) is 3.41. The van der Waals surface area contributed by atoms with E-state index in [1.165, 1.54) is 0 Å². The Bertz CT molecular complexity index is 995. The van der Waals surface area contributed by atoms with Gasteiger partial charge in [-0.05, 0) is 26.0 Å². The molecule has 0 saturated carbocycles.